The lowest BCUT2D eigenvalue weighted by atomic mass is 10.0. The number of anilines is 1. The third-order valence-electron chi connectivity index (χ3n) is 4.91. The van der Waals surface area contributed by atoms with Crippen LogP contribution >= 0.6 is 11.8 Å². The summed E-state index contributed by atoms with van der Waals surface area (Å²) in [7, 11) is 3.13. The Balaban J connectivity index is 1.35. The molecular formula is C26H23N3O3S. The van der Waals surface area contributed by atoms with Gasteiger partial charge in [0.25, 0.3) is 0 Å². The first-order valence-corrected chi connectivity index (χ1v) is 11.3. The molecule has 7 heteroatoms. The van der Waals surface area contributed by atoms with Gasteiger partial charge in [-0.05, 0) is 23.3 Å². The van der Waals surface area contributed by atoms with E-state index in [9.17, 15) is 4.79 Å². The van der Waals surface area contributed by atoms with Gasteiger partial charge in [0.1, 0.15) is 16.5 Å². The Morgan fingerprint density at radius 3 is 2.03 bits per heavy atom. The number of benzene rings is 3. The molecule has 4 rings (SSSR count). The number of amides is 1. The Morgan fingerprint density at radius 1 is 0.788 bits per heavy atom. The van der Waals surface area contributed by atoms with E-state index in [-0.39, 0.29) is 11.7 Å². The molecule has 1 aromatic heterocycles. The highest BCUT2D eigenvalue weighted by molar-refractivity contribution is 7.99. The maximum absolute atomic E-state index is 12.4. The number of aromatic nitrogens is 2. The summed E-state index contributed by atoms with van der Waals surface area (Å²) < 4.78 is 10.5. The number of carbonyl (C=O) groups is 1. The minimum atomic E-state index is -0.155. The predicted molar refractivity (Wildman–Crippen MR) is 132 cm³/mol. The molecule has 0 atom stereocenters. The minimum Gasteiger partial charge on any atom is -0.497 e. The van der Waals surface area contributed by atoms with Crippen molar-refractivity contribution < 1.29 is 14.3 Å². The van der Waals surface area contributed by atoms with Crippen molar-refractivity contribution in [1.82, 2.24) is 10.2 Å². The SMILES string of the molecule is COc1cc(NC(=O)CSc2ccc(-c3ccc(-c4ccccc4)cc3)nn2)cc(OC)c1. The van der Waals surface area contributed by atoms with E-state index in [1.807, 2.05) is 42.5 Å². The first kappa shape index (κ1) is 22.4. The summed E-state index contributed by atoms with van der Waals surface area (Å²) in [4.78, 5) is 12.4. The van der Waals surface area contributed by atoms with Gasteiger partial charge in [0.15, 0.2) is 0 Å². The van der Waals surface area contributed by atoms with Gasteiger partial charge in [-0.1, -0.05) is 66.4 Å². The molecule has 6 nitrogen and oxygen atoms in total. The van der Waals surface area contributed by atoms with E-state index in [0.717, 1.165) is 16.8 Å². The van der Waals surface area contributed by atoms with E-state index >= 15 is 0 Å². The Bertz CT molecular complexity index is 1190. The number of nitrogens with one attached hydrogen (secondary N) is 1. The molecule has 1 heterocycles. The van der Waals surface area contributed by atoms with Crippen molar-refractivity contribution >= 4 is 23.4 Å². The van der Waals surface area contributed by atoms with Crippen molar-refractivity contribution in [3.63, 3.8) is 0 Å². The van der Waals surface area contributed by atoms with Crippen molar-refractivity contribution in [2.75, 3.05) is 25.3 Å². The normalized spacial score (nSPS) is 10.5. The van der Waals surface area contributed by atoms with E-state index in [0.29, 0.717) is 22.2 Å². The van der Waals surface area contributed by atoms with Crippen LogP contribution in [0.4, 0.5) is 5.69 Å². The molecule has 1 N–H and O–H groups in total. The van der Waals surface area contributed by atoms with Crippen LogP contribution in [0, 0.1) is 0 Å². The number of nitrogens with zero attached hydrogens (tertiary/aromatic N) is 2. The molecule has 0 saturated heterocycles. The van der Waals surface area contributed by atoms with Gasteiger partial charge in [0.2, 0.25) is 5.91 Å². The molecule has 4 aromatic rings. The molecule has 3 aromatic carbocycles. The number of carbonyl (C=O) groups excluding carboxylic acids is 1. The lowest BCUT2D eigenvalue weighted by Crippen LogP contribution is -2.14. The van der Waals surface area contributed by atoms with Gasteiger partial charge in [0, 0.05) is 29.4 Å². The number of hydrogen-bond donors (Lipinski definition) is 1. The Morgan fingerprint density at radius 2 is 1.42 bits per heavy atom. The zero-order chi connectivity index (χ0) is 23.0. The predicted octanol–water partition coefficient (Wildman–Crippen LogP) is 5.56. The molecule has 0 radical (unpaired) electrons. The summed E-state index contributed by atoms with van der Waals surface area (Å²) in [5.74, 6) is 1.27. The van der Waals surface area contributed by atoms with Crippen molar-refractivity contribution in [1.29, 1.82) is 0 Å². The van der Waals surface area contributed by atoms with Gasteiger partial charge in [-0.25, -0.2) is 0 Å². The van der Waals surface area contributed by atoms with E-state index < -0.39 is 0 Å². The van der Waals surface area contributed by atoms with Crippen LogP contribution in [0.2, 0.25) is 0 Å². The highest BCUT2D eigenvalue weighted by atomic mass is 32.2. The molecular weight excluding hydrogens is 434 g/mol. The molecule has 0 aliphatic carbocycles. The molecule has 0 aliphatic heterocycles. The summed E-state index contributed by atoms with van der Waals surface area (Å²) in [6, 6.07) is 27.5. The van der Waals surface area contributed by atoms with Gasteiger partial charge in [-0.2, -0.15) is 0 Å². The van der Waals surface area contributed by atoms with Crippen molar-refractivity contribution in [2.45, 2.75) is 5.03 Å². The Hall–Kier alpha value is -3.84. The van der Waals surface area contributed by atoms with Crippen LogP contribution in [0.5, 0.6) is 11.5 Å². The van der Waals surface area contributed by atoms with Crippen LogP contribution in [0.1, 0.15) is 0 Å². The number of thioether (sulfide) groups is 1. The van der Waals surface area contributed by atoms with Gasteiger partial charge >= 0.3 is 0 Å². The number of hydrogen-bond acceptors (Lipinski definition) is 6. The first-order valence-electron chi connectivity index (χ1n) is 10.3. The quantitative estimate of drug-likeness (QED) is 0.349. The standard InChI is InChI=1S/C26H23N3O3S/c1-31-22-14-21(15-23(16-22)32-2)27-25(30)17-33-26-13-12-24(28-29-26)20-10-8-19(9-11-20)18-6-4-3-5-7-18/h3-16H,17H2,1-2H3,(H,27,30). The van der Waals surface area contributed by atoms with Crippen LogP contribution in [0.15, 0.2) is 90.0 Å². The highest BCUT2D eigenvalue weighted by Gasteiger charge is 2.09. The average Bonchev–Trinajstić information content (AvgIpc) is 2.88. The van der Waals surface area contributed by atoms with Gasteiger partial charge in [-0.3, -0.25) is 4.79 Å². The molecule has 0 saturated carbocycles. The minimum absolute atomic E-state index is 0.155. The second kappa shape index (κ2) is 10.7. The van der Waals surface area contributed by atoms with Crippen molar-refractivity contribution in [2.24, 2.45) is 0 Å². The number of methoxy groups -OCH3 is 2. The Kier molecular flexibility index (Phi) is 7.22. The maximum Gasteiger partial charge on any atom is 0.234 e. The molecule has 1 amide bonds. The van der Waals surface area contributed by atoms with E-state index in [4.69, 9.17) is 9.47 Å². The molecule has 0 unspecified atom stereocenters. The number of rotatable bonds is 8. The van der Waals surface area contributed by atoms with Gasteiger partial charge < -0.3 is 14.8 Å². The maximum atomic E-state index is 12.4. The smallest absolute Gasteiger partial charge is 0.234 e. The molecule has 0 fully saturated rings. The van der Waals surface area contributed by atoms with Crippen LogP contribution in [-0.2, 0) is 4.79 Å². The lowest BCUT2D eigenvalue weighted by Gasteiger charge is -2.09. The van der Waals surface area contributed by atoms with Gasteiger partial charge in [0.05, 0.1) is 25.7 Å². The number of ether oxygens (including phenoxy) is 2. The summed E-state index contributed by atoms with van der Waals surface area (Å²) in [6.45, 7) is 0. The molecule has 33 heavy (non-hydrogen) atoms. The lowest BCUT2D eigenvalue weighted by molar-refractivity contribution is -0.113. The van der Waals surface area contributed by atoms with Crippen LogP contribution in [0.25, 0.3) is 22.4 Å². The third kappa shape index (κ3) is 5.90. The molecule has 0 spiro atoms. The second-order valence-electron chi connectivity index (χ2n) is 7.14. The second-order valence-corrected chi connectivity index (χ2v) is 8.13. The molecule has 0 aliphatic rings. The third-order valence-corrected chi connectivity index (χ3v) is 5.83. The fraction of sp³-hybridized carbons (Fsp3) is 0.115. The van der Waals surface area contributed by atoms with E-state index in [1.54, 1.807) is 32.4 Å². The fourth-order valence-electron chi connectivity index (χ4n) is 3.23. The fourth-order valence-corrected chi connectivity index (χ4v) is 3.85. The van der Waals surface area contributed by atoms with E-state index in [1.165, 1.54) is 17.3 Å². The largest absolute Gasteiger partial charge is 0.497 e. The zero-order valence-electron chi connectivity index (χ0n) is 18.3. The molecule has 0 bridgehead atoms. The average molecular weight is 458 g/mol. The zero-order valence-corrected chi connectivity index (χ0v) is 19.1. The summed E-state index contributed by atoms with van der Waals surface area (Å²) in [5.41, 5.74) is 4.71. The summed E-state index contributed by atoms with van der Waals surface area (Å²) >= 11 is 1.32. The Labute approximate surface area is 197 Å². The summed E-state index contributed by atoms with van der Waals surface area (Å²) in [5, 5.41) is 12.1. The van der Waals surface area contributed by atoms with Crippen molar-refractivity contribution in [3.8, 4) is 33.9 Å². The van der Waals surface area contributed by atoms with E-state index in [2.05, 4.69) is 39.8 Å². The van der Waals surface area contributed by atoms with Crippen LogP contribution < -0.4 is 14.8 Å². The topological polar surface area (TPSA) is 73.3 Å². The van der Waals surface area contributed by atoms with Crippen molar-refractivity contribution in [3.05, 3.63) is 84.9 Å². The van der Waals surface area contributed by atoms with Crippen LogP contribution in [0.3, 0.4) is 0 Å². The molecule has 166 valence electrons. The summed E-state index contributed by atoms with van der Waals surface area (Å²) in [6.07, 6.45) is 0. The monoisotopic (exact) mass is 457 g/mol. The first-order chi connectivity index (χ1) is 16.1. The highest BCUT2D eigenvalue weighted by Crippen LogP contribution is 2.27. The van der Waals surface area contributed by atoms with Gasteiger partial charge in [-0.15, -0.1) is 10.2 Å². The van der Waals surface area contributed by atoms with Crippen LogP contribution in [-0.4, -0.2) is 36.1 Å².